The molecule has 0 spiro atoms. The number of carbonyl (C=O) groups excluding carboxylic acids is 4. The van der Waals surface area contributed by atoms with Crippen molar-refractivity contribution in [2.24, 2.45) is 0 Å². The Morgan fingerprint density at radius 3 is 2.52 bits per heavy atom. The normalized spacial score (nSPS) is 18.6. The number of ether oxygens (including phenoxy) is 2. The van der Waals surface area contributed by atoms with E-state index in [2.05, 4.69) is 5.32 Å². The molecule has 40 heavy (non-hydrogen) atoms. The highest BCUT2D eigenvalue weighted by molar-refractivity contribution is 6.04. The van der Waals surface area contributed by atoms with Crippen molar-refractivity contribution in [2.75, 3.05) is 31.1 Å². The summed E-state index contributed by atoms with van der Waals surface area (Å²) in [6.45, 7) is 12.9. The van der Waals surface area contributed by atoms with Gasteiger partial charge in [0.1, 0.15) is 5.60 Å². The highest BCUT2D eigenvalue weighted by atomic mass is 19.3. The number of alkyl halides is 2. The maximum Gasteiger partial charge on any atom is 0.482 e. The van der Waals surface area contributed by atoms with Crippen molar-refractivity contribution in [3.05, 3.63) is 23.3 Å². The van der Waals surface area contributed by atoms with Gasteiger partial charge in [-0.25, -0.2) is 4.79 Å². The van der Waals surface area contributed by atoms with Crippen LogP contribution < -0.4 is 15.0 Å². The van der Waals surface area contributed by atoms with Crippen molar-refractivity contribution in [1.82, 2.24) is 15.1 Å². The van der Waals surface area contributed by atoms with Gasteiger partial charge in [0.15, 0.2) is 5.75 Å². The van der Waals surface area contributed by atoms with Gasteiger partial charge in [-0.2, -0.15) is 8.78 Å². The monoisotopic (exact) mass is 566 g/mol. The molecule has 2 aliphatic rings. The lowest BCUT2D eigenvalue weighted by molar-refractivity contribution is -0.192. The zero-order valence-electron chi connectivity index (χ0n) is 24.3. The standard InChI is InChI=1S/C28H40F2N4O6/c1-8-23(35)31-11-13-33-21-15-20(18(4)14-22(21)39-28(29,30)25(33)37)24(36)34(17(2)3)19-10-9-12-32(16-19)26(38)40-27(5,6)7/h14-15,17,19H,8-13,16H2,1-7H3,(H,31,35). The zero-order chi connectivity index (χ0) is 30.0. The van der Waals surface area contributed by atoms with E-state index in [1.54, 1.807) is 44.4 Å². The topological polar surface area (TPSA) is 108 Å². The molecule has 0 aromatic heterocycles. The largest absolute Gasteiger partial charge is 0.482 e. The number of amides is 4. The summed E-state index contributed by atoms with van der Waals surface area (Å²) in [5.41, 5.74) is 0.00214. The van der Waals surface area contributed by atoms with Crippen LogP contribution in [0.15, 0.2) is 12.1 Å². The van der Waals surface area contributed by atoms with E-state index in [-0.39, 0.29) is 60.4 Å². The van der Waals surface area contributed by atoms with E-state index in [4.69, 9.17) is 9.47 Å². The maximum absolute atomic E-state index is 14.4. The number of rotatable bonds is 7. The molecule has 2 aliphatic heterocycles. The number of hydrogen-bond donors (Lipinski definition) is 1. The predicted octanol–water partition coefficient (Wildman–Crippen LogP) is 4.09. The van der Waals surface area contributed by atoms with Crippen LogP contribution in [0.1, 0.15) is 76.7 Å². The number of anilines is 1. The fraction of sp³-hybridized carbons (Fsp3) is 0.643. The summed E-state index contributed by atoms with van der Waals surface area (Å²) in [5.74, 6) is -2.44. The second kappa shape index (κ2) is 12.0. The van der Waals surface area contributed by atoms with Gasteiger partial charge in [0.05, 0.1) is 11.7 Å². The summed E-state index contributed by atoms with van der Waals surface area (Å²) in [7, 11) is 0. The van der Waals surface area contributed by atoms with Gasteiger partial charge in [0.25, 0.3) is 5.91 Å². The number of nitrogens with zero attached hydrogens (tertiary/aromatic N) is 3. The second-order valence-corrected chi connectivity index (χ2v) is 11.4. The minimum absolute atomic E-state index is 0.0263. The summed E-state index contributed by atoms with van der Waals surface area (Å²) in [6.07, 6.45) is -2.97. The lowest BCUT2D eigenvalue weighted by Crippen LogP contribution is -2.55. The quantitative estimate of drug-likeness (QED) is 0.533. The summed E-state index contributed by atoms with van der Waals surface area (Å²) in [5, 5.41) is 2.57. The Morgan fingerprint density at radius 2 is 1.93 bits per heavy atom. The molecule has 12 heteroatoms. The first-order chi connectivity index (χ1) is 18.6. The summed E-state index contributed by atoms with van der Waals surface area (Å²) in [6, 6.07) is 2.18. The van der Waals surface area contributed by atoms with Gasteiger partial charge in [-0.15, -0.1) is 0 Å². The third-order valence-electron chi connectivity index (χ3n) is 6.77. The third kappa shape index (κ3) is 7.00. The molecule has 1 saturated heterocycles. The number of nitrogens with one attached hydrogen (secondary N) is 1. The Kier molecular flexibility index (Phi) is 9.31. The average molecular weight is 567 g/mol. The molecule has 1 N–H and O–H groups in total. The number of fused-ring (bicyclic) bond motifs is 1. The van der Waals surface area contributed by atoms with Crippen molar-refractivity contribution in [2.45, 2.75) is 91.5 Å². The van der Waals surface area contributed by atoms with Crippen molar-refractivity contribution in [3.8, 4) is 5.75 Å². The van der Waals surface area contributed by atoms with Gasteiger partial charge in [-0.3, -0.25) is 19.3 Å². The predicted molar refractivity (Wildman–Crippen MR) is 145 cm³/mol. The molecule has 1 fully saturated rings. The van der Waals surface area contributed by atoms with E-state index < -0.39 is 23.7 Å². The van der Waals surface area contributed by atoms with Crippen LogP contribution in [0.3, 0.4) is 0 Å². The van der Waals surface area contributed by atoms with Gasteiger partial charge in [0, 0.05) is 44.2 Å². The average Bonchev–Trinajstić information content (AvgIpc) is 2.84. The van der Waals surface area contributed by atoms with Gasteiger partial charge in [-0.1, -0.05) is 6.92 Å². The summed E-state index contributed by atoms with van der Waals surface area (Å²) < 4.78 is 39.1. The molecule has 10 nitrogen and oxygen atoms in total. The number of hydrogen-bond acceptors (Lipinski definition) is 6. The lowest BCUT2D eigenvalue weighted by Gasteiger charge is -2.42. The Labute approximate surface area is 233 Å². The Balaban J connectivity index is 1.92. The van der Waals surface area contributed by atoms with E-state index in [9.17, 15) is 28.0 Å². The number of carbonyl (C=O) groups is 4. The summed E-state index contributed by atoms with van der Waals surface area (Å²) in [4.78, 5) is 55.1. The van der Waals surface area contributed by atoms with Crippen LogP contribution in [0.2, 0.25) is 0 Å². The SMILES string of the molecule is CCC(=O)NCCN1C(=O)C(F)(F)Oc2cc(C)c(C(=O)N(C(C)C)C3CCCN(C(=O)OC(C)(C)C)C3)cc21. The molecule has 0 aliphatic carbocycles. The van der Waals surface area contributed by atoms with Gasteiger partial charge in [0.2, 0.25) is 5.91 Å². The van der Waals surface area contributed by atoms with Crippen LogP contribution in [0.25, 0.3) is 0 Å². The Morgan fingerprint density at radius 1 is 1.25 bits per heavy atom. The van der Waals surface area contributed by atoms with Crippen LogP contribution in [0.4, 0.5) is 19.3 Å². The molecule has 4 amide bonds. The highest BCUT2D eigenvalue weighted by Crippen LogP contribution is 2.41. The molecule has 2 heterocycles. The third-order valence-corrected chi connectivity index (χ3v) is 6.77. The Hall–Kier alpha value is -3.44. The maximum atomic E-state index is 14.4. The minimum Gasteiger partial charge on any atom is -0.444 e. The first-order valence-electron chi connectivity index (χ1n) is 13.7. The van der Waals surface area contributed by atoms with E-state index in [0.29, 0.717) is 31.5 Å². The van der Waals surface area contributed by atoms with E-state index in [0.717, 1.165) is 4.90 Å². The number of piperidine rings is 1. The molecule has 0 radical (unpaired) electrons. The van der Waals surface area contributed by atoms with Gasteiger partial charge in [-0.05, 0) is 72.1 Å². The second-order valence-electron chi connectivity index (χ2n) is 11.4. The molecular weight excluding hydrogens is 526 g/mol. The van der Waals surface area contributed by atoms with Crippen LogP contribution >= 0.6 is 0 Å². The fourth-order valence-electron chi connectivity index (χ4n) is 4.93. The number of benzene rings is 1. The number of likely N-dealkylation sites (tertiary alicyclic amines) is 1. The Bertz CT molecular complexity index is 1150. The van der Waals surface area contributed by atoms with Gasteiger partial charge < -0.3 is 24.6 Å². The molecule has 1 aromatic rings. The van der Waals surface area contributed by atoms with E-state index in [1.807, 2.05) is 13.8 Å². The van der Waals surface area contributed by atoms with Crippen molar-refractivity contribution < 1.29 is 37.4 Å². The highest BCUT2D eigenvalue weighted by Gasteiger charge is 2.51. The van der Waals surface area contributed by atoms with E-state index >= 15 is 0 Å². The van der Waals surface area contributed by atoms with Crippen LogP contribution in [-0.2, 0) is 14.3 Å². The van der Waals surface area contributed by atoms with Crippen LogP contribution in [0.5, 0.6) is 5.75 Å². The van der Waals surface area contributed by atoms with E-state index in [1.165, 1.54) is 12.1 Å². The smallest absolute Gasteiger partial charge is 0.444 e. The summed E-state index contributed by atoms with van der Waals surface area (Å²) >= 11 is 0. The van der Waals surface area contributed by atoms with Crippen molar-refractivity contribution in [3.63, 3.8) is 0 Å². The molecule has 0 saturated carbocycles. The zero-order valence-corrected chi connectivity index (χ0v) is 24.3. The minimum atomic E-state index is -4.09. The lowest BCUT2D eigenvalue weighted by atomic mass is 9.98. The van der Waals surface area contributed by atoms with Crippen molar-refractivity contribution in [1.29, 1.82) is 0 Å². The molecule has 0 bridgehead atoms. The molecule has 1 atom stereocenters. The number of halogens is 2. The molecule has 1 unspecified atom stereocenters. The van der Waals surface area contributed by atoms with Crippen LogP contribution in [-0.4, -0.2) is 83.6 Å². The number of aryl methyl sites for hydroxylation is 1. The molecule has 222 valence electrons. The first kappa shape index (κ1) is 31.1. The van der Waals surface area contributed by atoms with Crippen molar-refractivity contribution >= 4 is 29.5 Å². The molecule has 1 aromatic carbocycles. The van der Waals surface area contributed by atoms with Crippen LogP contribution in [0, 0.1) is 6.92 Å². The molecule has 3 rings (SSSR count). The van der Waals surface area contributed by atoms with Gasteiger partial charge >= 0.3 is 18.1 Å². The first-order valence-corrected chi connectivity index (χ1v) is 13.7. The fourth-order valence-corrected chi connectivity index (χ4v) is 4.93. The molecular formula is C28H40F2N4O6.